The number of nitrogens with zero attached hydrogens (tertiary/aromatic N) is 2. The first-order chi connectivity index (χ1) is 42.0. The molecule has 0 aliphatic carbocycles. The molecule has 32 heteroatoms. The Bertz CT molecular complexity index is 2570. The topological polar surface area (TPSA) is 562 Å². The number of hydrogen-bond acceptors (Lipinski definition) is 21. The number of non-ortho nitro benzene ring substituents is 1. The number of nitrogens with one attached hydrogen (secondary N) is 4. The maximum absolute atomic E-state index is 11.6. The van der Waals surface area contributed by atoms with Gasteiger partial charge in [-0.2, -0.15) is 0 Å². The number of ketones is 1. The number of rotatable bonds is 34. The number of aliphatic carboxylic acids is 5. The molecule has 1 aromatic heterocycles. The van der Waals surface area contributed by atoms with Crippen LogP contribution < -0.4 is 49.9 Å². The third-order valence-electron chi connectivity index (χ3n) is 11.4. The molecule has 0 aliphatic heterocycles. The monoisotopic (exact) mass is 1280 g/mol. The number of unbranched alkanes of at least 4 members (excludes halogenated alkanes) is 1. The van der Waals surface area contributed by atoms with Gasteiger partial charge < -0.3 is 90.0 Å². The van der Waals surface area contributed by atoms with Crippen molar-refractivity contribution in [3.8, 4) is 0 Å². The van der Waals surface area contributed by atoms with Gasteiger partial charge in [-0.15, -0.1) is 0 Å². The van der Waals surface area contributed by atoms with Crippen LogP contribution in [-0.4, -0.2) is 189 Å². The van der Waals surface area contributed by atoms with Crippen molar-refractivity contribution in [1.29, 1.82) is 0 Å². The van der Waals surface area contributed by atoms with E-state index in [4.69, 9.17) is 68.8 Å². The van der Waals surface area contributed by atoms with Crippen LogP contribution in [-0.2, 0) is 65.5 Å². The van der Waals surface area contributed by atoms with Gasteiger partial charge in [-0.3, -0.25) is 63.0 Å². The van der Waals surface area contributed by atoms with E-state index in [0.717, 1.165) is 0 Å². The first-order valence-electron chi connectivity index (χ1n) is 28.2. The van der Waals surface area contributed by atoms with Crippen LogP contribution in [0.1, 0.15) is 112 Å². The molecule has 3 aromatic rings. The third-order valence-corrected chi connectivity index (χ3v) is 11.4. The van der Waals surface area contributed by atoms with Crippen molar-refractivity contribution < 1.29 is 97.8 Å². The van der Waals surface area contributed by atoms with Crippen LogP contribution in [0.15, 0.2) is 73.1 Å². The molecule has 20 N–H and O–H groups in total. The van der Waals surface area contributed by atoms with Gasteiger partial charge in [-0.1, -0.05) is 65.8 Å². The lowest BCUT2D eigenvalue weighted by atomic mass is 10.0. The average molecular weight is 1280 g/mol. The lowest BCUT2D eigenvalue weighted by Gasteiger charge is -2.09. The van der Waals surface area contributed by atoms with Gasteiger partial charge in [-0.25, -0.2) is 4.79 Å². The zero-order chi connectivity index (χ0) is 69.5. The van der Waals surface area contributed by atoms with Crippen LogP contribution >= 0.6 is 0 Å². The summed E-state index contributed by atoms with van der Waals surface area (Å²) in [5, 5.41) is 71.8. The van der Waals surface area contributed by atoms with Crippen LogP contribution in [0.4, 0.5) is 5.69 Å². The first kappa shape index (κ1) is 85.3. The Kier molecular flexibility index (Phi) is 47.4. The SMILES string of the molecule is CC(=O)NCCOCCOCCC(=O)C(C)C.CC(C)C(=O)NCC(N)C(=O)O.CC(C)C(=O)NCCC(N)C(=O)O.NC(Cc1ccc(C(=O)O)cc1)C(=O)O.NC(Cc1ccc([N+](=O)[O-])cc1)C(=O)O.N[C@@H](CCCCNC(=O)c1cccnc1)C(=O)O. The molecule has 0 bridgehead atoms. The van der Waals surface area contributed by atoms with Gasteiger partial charge in [0.15, 0.2) is 0 Å². The smallest absolute Gasteiger partial charge is 0.335 e. The molecular weight excluding hydrogens is 1190 g/mol. The van der Waals surface area contributed by atoms with Crippen molar-refractivity contribution >= 4 is 70.9 Å². The molecule has 0 radical (unpaired) electrons. The van der Waals surface area contributed by atoms with Crippen molar-refractivity contribution in [3.05, 3.63) is 105 Å². The number of ether oxygens (including phenoxy) is 2. The van der Waals surface area contributed by atoms with Crippen molar-refractivity contribution in [2.45, 2.75) is 124 Å². The molecule has 5 atom stereocenters. The van der Waals surface area contributed by atoms with E-state index in [1.807, 2.05) is 13.8 Å². The molecule has 0 fully saturated rings. The molecule has 90 heavy (non-hydrogen) atoms. The van der Waals surface area contributed by atoms with E-state index in [-0.39, 0.29) is 84.2 Å². The summed E-state index contributed by atoms with van der Waals surface area (Å²) in [6.45, 7) is 15.4. The summed E-state index contributed by atoms with van der Waals surface area (Å²) < 4.78 is 10.5. The summed E-state index contributed by atoms with van der Waals surface area (Å²) in [5.74, 6) is -6.76. The van der Waals surface area contributed by atoms with E-state index in [1.165, 1.54) is 49.5 Å². The summed E-state index contributed by atoms with van der Waals surface area (Å²) in [4.78, 5) is 131. The highest BCUT2D eigenvalue weighted by atomic mass is 16.6. The van der Waals surface area contributed by atoms with Gasteiger partial charge >= 0.3 is 35.8 Å². The van der Waals surface area contributed by atoms with E-state index in [0.29, 0.717) is 88.4 Å². The fourth-order valence-electron chi connectivity index (χ4n) is 5.90. The molecule has 0 saturated carbocycles. The van der Waals surface area contributed by atoms with Gasteiger partial charge in [0.25, 0.3) is 11.6 Å². The standard InChI is InChI=1S/C12H17N3O3.C12H23NO4.C10H11NO4.C9H10N2O4.C8H16N2O3.C7H14N2O3/c13-10(12(17)18)5-1-2-7-15-11(16)9-4-3-6-14-8-9;1-10(2)12(15)4-6-16-8-9-17-7-5-13-11(3)14;11-8(10(14)15)5-6-1-3-7(4-2-6)9(12)13;10-8(9(12)13)5-6-1-3-7(4-2-6)11(14)15;1-5(2)7(11)10-4-3-6(9)8(12)13;1-4(2)6(10)9-3-5(8)7(11)12/h3-4,6,8,10H,1-2,5,7,13H2,(H,15,16)(H,17,18);10H,4-9H2,1-3H3,(H,13,14);1-4,8H,5,11H2,(H,12,13)(H,14,15);1-4,8H,5,10H2,(H,12,13);5-6H,3-4,9H2,1-2H3,(H,10,11)(H,12,13);4-5H,3,8H2,1-2H3,(H,9,10)(H,11,12)/t10-;;;;;/m0...../s1. The molecule has 3 rings (SSSR count). The minimum absolute atomic E-state index is 0.0215. The largest absolute Gasteiger partial charge is 0.480 e. The molecule has 0 saturated heterocycles. The second-order valence-electron chi connectivity index (χ2n) is 20.3. The Morgan fingerprint density at radius 1 is 0.522 bits per heavy atom. The van der Waals surface area contributed by atoms with Crippen molar-refractivity contribution in [2.75, 3.05) is 52.6 Å². The van der Waals surface area contributed by atoms with E-state index in [1.54, 1.807) is 58.2 Å². The van der Waals surface area contributed by atoms with Crippen LogP contribution in [0.5, 0.6) is 0 Å². The first-order valence-corrected chi connectivity index (χ1v) is 28.2. The Morgan fingerprint density at radius 2 is 0.989 bits per heavy atom. The molecule has 4 unspecified atom stereocenters. The Hall–Kier alpha value is -8.92. The number of nitro benzene ring substituents is 1. The number of Topliss-reactive ketones (excluding diaryl/α,β-unsaturated/α-hetero) is 1. The summed E-state index contributed by atoms with van der Waals surface area (Å²) >= 11 is 0. The quantitative estimate of drug-likeness (QED) is 0.0223. The third kappa shape index (κ3) is 46.3. The predicted molar refractivity (Wildman–Crippen MR) is 327 cm³/mol. The van der Waals surface area contributed by atoms with E-state index >= 15 is 0 Å². The van der Waals surface area contributed by atoms with Crippen LogP contribution in [0.3, 0.4) is 0 Å². The number of carboxylic acids is 6. The second kappa shape index (κ2) is 50.0. The number of hydrogen-bond donors (Lipinski definition) is 15. The zero-order valence-electron chi connectivity index (χ0n) is 51.7. The summed E-state index contributed by atoms with van der Waals surface area (Å²) in [6.07, 6.45) is 5.95. The maximum Gasteiger partial charge on any atom is 0.335 e. The summed E-state index contributed by atoms with van der Waals surface area (Å²) in [5.41, 5.74) is 28.4. The fourth-order valence-corrected chi connectivity index (χ4v) is 5.90. The number of amides is 4. The lowest BCUT2D eigenvalue weighted by molar-refractivity contribution is -0.384. The number of carbonyl (C=O) groups is 11. The maximum atomic E-state index is 11.6. The average Bonchev–Trinajstić information content (AvgIpc) is 1.78. The van der Waals surface area contributed by atoms with Crippen LogP contribution in [0, 0.1) is 27.9 Å². The highest BCUT2D eigenvalue weighted by Gasteiger charge is 2.17. The molecule has 0 aliphatic rings. The fraction of sp³-hybridized carbons (Fsp3) is 0.517. The van der Waals surface area contributed by atoms with Gasteiger partial charge in [0.1, 0.15) is 36.0 Å². The highest BCUT2D eigenvalue weighted by molar-refractivity contribution is 5.93. The number of carbonyl (C=O) groups excluding carboxylic acids is 5. The number of aromatic carboxylic acids is 1. The predicted octanol–water partition coefficient (Wildman–Crippen LogP) is 0.784. The normalized spacial score (nSPS) is 11.9. The van der Waals surface area contributed by atoms with Crippen LogP contribution in [0.2, 0.25) is 0 Å². The van der Waals surface area contributed by atoms with Gasteiger partial charge in [0.05, 0.1) is 42.5 Å². The Morgan fingerprint density at radius 3 is 1.41 bits per heavy atom. The summed E-state index contributed by atoms with van der Waals surface area (Å²) in [7, 11) is 0. The van der Waals surface area contributed by atoms with E-state index in [2.05, 4.69) is 26.3 Å². The number of nitro groups is 1. The van der Waals surface area contributed by atoms with Gasteiger partial charge in [0, 0.05) is 81.8 Å². The number of carboxylic acid groups (broad SMARTS) is 6. The molecule has 4 amide bonds. The minimum atomic E-state index is -1.11. The van der Waals surface area contributed by atoms with Crippen molar-refractivity contribution in [1.82, 2.24) is 26.3 Å². The van der Waals surface area contributed by atoms with E-state index in [9.17, 15) is 62.9 Å². The molecule has 1 heterocycles. The zero-order valence-corrected chi connectivity index (χ0v) is 51.7. The Labute approximate surface area is 521 Å². The molecule has 0 spiro atoms. The highest BCUT2D eigenvalue weighted by Crippen LogP contribution is 2.13. The van der Waals surface area contributed by atoms with Gasteiger partial charge in [-0.05, 0) is 73.9 Å². The molecule has 2 aromatic carbocycles. The number of pyridine rings is 1. The number of nitrogens with two attached hydrogens (primary N) is 5. The van der Waals surface area contributed by atoms with Crippen molar-refractivity contribution in [3.63, 3.8) is 0 Å². The molecule has 504 valence electrons. The minimum Gasteiger partial charge on any atom is -0.480 e. The molecule has 32 nitrogen and oxygen atoms in total. The lowest BCUT2D eigenvalue weighted by Crippen LogP contribution is -2.43. The van der Waals surface area contributed by atoms with Crippen LogP contribution in [0.25, 0.3) is 0 Å². The van der Waals surface area contributed by atoms with Crippen molar-refractivity contribution in [2.24, 2.45) is 46.4 Å². The number of benzene rings is 2. The van der Waals surface area contributed by atoms with E-state index < -0.39 is 70.9 Å². The number of aromatic nitrogens is 1. The second-order valence-corrected chi connectivity index (χ2v) is 20.3. The molecular formula is C58H91N11O21. The summed E-state index contributed by atoms with van der Waals surface area (Å²) in [6, 6.07) is 10.3. The van der Waals surface area contributed by atoms with Gasteiger partial charge in [0.2, 0.25) is 17.7 Å². The Balaban J connectivity index is -0.00000101.